The largest absolute Gasteiger partial charge is 0.342 e. The molecule has 0 saturated carbocycles. The summed E-state index contributed by atoms with van der Waals surface area (Å²) in [6.45, 7) is 1.91. The molecule has 1 N–H and O–H groups in total. The number of amides is 2. The molecule has 1 aliphatic heterocycles. The molecule has 0 aliphatic carbocycles. The van der Waals surface area contributed by atoms with Crippen LogP contribution < -0.4 is 0 Å². The summed E-state index contributed by atoms with van der Waals surface area (Å²) in [5, 5.41) is 7.22. The molecule has 1 aliphatic rings. The Bertz CT molecular complexity index is 1030. The second kappa shape index (κ2) is 10.2. The molecule has 0 spiro atoms. The number of piperidine rings is 1. The van der Waals surface area contributed by atoms with Crippen LogP contribution in [0.4, 0.5) is 0 Å². The summed E-state index contributed by atoms with van der Waals surface area (Å²) in [4.78, 5) is 33.6. The van der Waals surface area contributed by atoms with E-state index in [0.717, 1.165) is 36.2 Å². The van der Waals surface area contributed by atoms with Gasteiger partial charge in [0.1, 0.15) is 0 Å². The SMILES string of the molecule is CN(Cc1ccccc1)C(=O)c1cn[nH]c1[C@H]1CCCN(C(=O)CCc2ccncc2)C1. The van der Waals surface area contributed by atoms with E-state index in [4.69, 9.17) is 0 Å². The van der Waals surface area contributed by atoms with Crippen molar-refractivity contribution in [1.82, 2.24) is 25.0 Å². The van der Waals surface area contributed by atoms with Crippen molar-refractivity contribution in [2.24, 2.45) is 0 Å². The zero-order chi connectivity index (χ0) is 22.3. The van der Waals surface area contributed by atoms with Crippen molar-refractivity contribution < 1.29 is 9.59 Å². The number of likely N-dealkylation sites (tertiary alicyclic amines) is 1. The number of nitrogens with zero attached hydrogens (tertiary/aromatic N) is 4. The molecule has 7 heteroatoms. The third-order valence-electron chi connectivity index (χ3n) is 6.07. The number of aromatic nitrogens is 3. The quantitative estimate of drug-likeness (QED) is 0.621. The summed E-state index contributed by atoms with van der Waals surface area (Å²) >= 11 is 0. The molecule has 4 rings (SSSR count). The fraction of sp³-hybridized carbons (Fsp3) is 0.360. The highest BCUT2D eigenvalue weighted by molar-refractivity contribution is 5.95. The summed E-state index contributed by atoms with van der Waals surface area (Å²) in [6, 6.07) is 13.8. The Morgan fingerprint density at radius 3 is 2.69 bits per heavy atom. The number of hydrogen-bond acceptors (Lipinski definition) is 4. The first kappa shape index (κ1) is 21.7. The summed E-state index contributed by atoms with van der Waals surface area (Å²) in [5.74, 6) is 0.180. The monoisotopic (exact) mass is 431 g/mol. The average Bonchev–Trinajstić information content (AvgIpc) is 3.33. The van der Waals surface area contributed by atoms with E-state index in [-0.39, 0.29) is 17.7 Å². The van der Waals surface area contributed by atoms with Gasteiger partial charge >= 0.3 is 0 Å². The highest BCUT2D eigenvalue weighted by Gasteiger charge is 2.29. The van der Waals surface area contributed by atoms with Gasteiger partial charge < -0.3 is 9.80 Å². The maximum absolute atomic E-state index is 13.1. The number of aromatic amines is 1. The van der Waals surface area contributed by atoms with Crippen LogP contribution in [0.25, 0.3) is 0 Å². The van der Waals surface area contributed by atoms with Gasteiger partial charge in [-0.1, -0.05) is 30.3 Å². The highest BCUT2D eigenvalue weighted by Crippen LogP contribution is 2.29. The standard InChI is InChI=1S/C25H29N5O2/c1-29(17-20-6-3-2-4-7-20)25(32)22-16-27-28-24(22)21-8-5-15-30(18-21)23(31)10-9-19-11-13-26-14-12-19/h2-4,6-7,11-14,16,21H,5,8-10,15,17-18H2,1H3,(H,27,28)/t21-/m0/s1. The normalized spacial score (nSPS) is 16.0. The molecule has 3 aromatic rings. The second-order valence-electron chi connectivity index (χ2n) is 8.38. The molecule has 32 heavy (non-hydrogen) atoms. The molecule has 2 amide bonds. The molecule has 0 unspecified atom stereocenters. The molecule has 2 aromatic heterocycles. The van der Waals surface area contributed by atoms with Gasteiger partial charge in [-0.05, 0) is 42.5 Å². The van der Waals surface area contributed by atoms with Crippen LogP contribution in [0.3, 0.4) is 0 Å². The van der Waals surface area contributed by atoms with E-state index in [1.165, 1.54) is 0 Å². The summed E-state index contributed by atoms with van der Waals surface area (Å²) < 4.78 is 0. The fourth-order valence-corrected chi connectivity index (χ4v) is 4.31. The molecular formula is C25H29N5O2. The minimum atomic E-state index is -0.0567. The predicted octanol–water partition coefficient (Wildman–Crippen LogP) is 3.42. The van der Waals surface area contributed by atoms with Gasteiger partial charge in [0.15, 0.2) is 0 Å². The van der Waals surface area contributed by atoms with E-state index in [0.29, 0.717) is 31.5 Å². The van der Waals surface area contributed by atoms with Crippen molar-refractivity contribution in [1.29, 1.82) is 0 Å². The Kier molecular flexibility index (Phi) is 6.94. The molecule has 7 nitrogen and oxygen atoms in total. The van der Waals surface area contributed by atoms with Crippen LogP contribution in [0, 0.1) is 0 Å². The zero-order valence-corrected chi connectivity index (χ0v) is 18.4. The van der Waals surface area contributed by atoms with Crippen molar-refractivity contribution in [3.05, 3.63) is 83.4 Å². The number of aryl methyl sites for hydroxylation is 1. The van der Waals surface area contributed by atoms with E-state index in [1.807, 2.05) is 54.4 Å². The van der Waals surface area contributed by atoms with Gasteiger partial charge in [0.05, 0.1) is 17.5 Å². The Morgan fingerprint density at radius 2 is 1.91 bits per heavy atom. The summed E-state index contributed by atoms with van der Waals surface area (Å²) in [5.41, 5.74) is 3.63. The van der Waals surface area contributed by atoms with Crippen molar-refractivity contribution >= 4 is 11.8 Å². The van der Waals surface area contributed by atoms with Crippen LogP contribution >= 0.6 is 0 Å². The number of benzene rings is 1. The van der Waals surface area contributed by atoms with Crippen LogP contribution in [0.1, 0.15) is 52.4 Å². The maximum atomic E-state index is 13.1. The van der Waals surface area contributed by atoms with E-state index in [9.17, 15) is 9.59 Å². The molecule has 166 valence electrons. The molecule has 0 radical (unpaired) electrons. The first-order valence-corrected chi connectivity index (χ1v) is 11.1. The highest BCUT2D eigenvalue weighted by atomic mass is 16.2. The lowest BCUT2D eigenvalue weighted by molar-refractivity contribution is -0.132. The van der Waals surface area contributed by atoms with Crippen LogP contribution in [-0.4, -0.2) is 56.9 Å². The van der Waals surface area contributed by atoms with Gasteiger partial charge in [0, 0.05) is 51.4 Å². The van der Waals surface area contributed by atoms with E-state index in [2.05, 4.69) is 15.2 Å². The second-order valence-corrected chi connectivity index (χ2v) is 8.38. The summed E-state index contributed by atoms with van der Waals surface area (Å²) in [6.07, 6.45) is 8.15. The van der Waals surface area contributed by atoms with Crippen molar-refractivity contribution in [3.63, 3.8) is 0 Å². The van der Waals surface area contributed by atoms with Crippen molar-refractivity contribution in [2.75, 3.05) is 20.1 Å². The summed E-state index contributed by atoms with van der Waals surface area (Å²) in [7, 11) is 1.81. The van der Waals surface area contributed by atoms with E-state index < -0.39 is 0 Å². The molecule has 1 saturated heterocycles. The molecule has 3 heterocycles. The lowest BCUT2D eigenvalue weighted by atomic mass is 9.92. The van der Waals surface area contributed by atoms with Crippen LogP contribution in [0.5, 0.6) is 0 Å². The van der Waals surface area contributed by atoms with Gasteiger partial charge in [-0.2, -0.15) is 5.10 Å². The minimum absolute atomic E-state index is 0.0567. The first-order chi connectivity index (χ1) is 15.6. The molecule has 1 atom stereocenters. The van der Waals surface area contributed by atoms with Crippen LogP contribution in [0.15, 0.2) is 61.1 Å². The number of nitrogens with one attached hydrogen (secondary N) is 1. The van der Waals surface area contributed by atoms with Crippen molar-refractivity contribution in [2.45, 2.75) is 38.1 Å². The minimum Gasteiger partial charge on any atom is -0.342 e. The van der Waals surface area contributed by atoms with Crippen molar-refractivity contribution in [3.8, 4) is 0 Å². The van der Waals surface area contributed by atoms with Gasteiger partial charge in [0.25, 0.3) is 5.91 Å². The van der Waals surface area contributed by atoms with Crippen LogP contribution in [0.2, 0.25) is 0 Å². The number of H-pyrrole nitrogens is 1. The molecule has 0 bridgehead atoms. The molecular weight excluding hydrogens is 402 g/mol. The van der Waals surface area contributed by atoms with Gasteiger partial charge in [-0.3, -0.25) is 19.7 Å². The Morgan fingerprint density at radius 1 is 1.12 bits per heavy atom. The predicted molar refractivity (Wildman–Crippen MR) is 122 cm³/mol. The number of carbonyl (C=O) groups excluding carboxylic acids is 2. The molecule has 1 fully saturated rings. The van der Waals surface area contributed by atoms with E-state index >= 15 is 0 Å². The average molecular weight is 432 g/mol. The molecule has 1 aromatic carbocycles. The van der Waals surface area contributed by atoms with Gasteiger partial charge in [0.2, 0.25) is 5.91 Å². The lowest BCUT2D eigenvalue weighted by Crippen LogP contribution is -2.39. The Hall–Kier alpha value is -3.48. The Balaban J connectivity index is 1.39. The lowest BCUT2D eigenvalue weighted by Gasteiger charge is -2.33. The number of carbonyl (C=O) groups is 2. The third-order valence-corrected chi connectivity index (χ3v) is 6.07. The first-order valence-electron chi connectivity index (χ1n) is 11.1. The Labute approximate surface area is 188 Å². The number of pyridine rings is 1. The third kappa shape index (κ3) is 5.22. The number of hydrogen-bond donors (Lipinski definition) is 1. The van der Waals surface area contributed by atoms with E-state index in [1.54, 1.807) is 23.5 Å². The van der Waals surface area contributed by atoms with Crippen LogP contribution in [-0.2, 0) is 17.8 Å². The smallest absolute Gasteiger partial charge is 0.257 e. The fourth-order valence-electron chi connectivity index (χ4n) is 4.31. The van der Waals surface area contributed by atoms with Gasteiger partial charge in [-0.15, -0.1) is 0 Å². The maximum Gasteiger partial charge on any atom is 0.257 e. The van der Waals surface area contributed by atoms with Gasteiger partial charge in [-0.25, -0.2) is 0 Å². The zero-order valence-electron chi connectivity index (χ0n) is 18.4. The topological polar surface area (TPSA) is 82.2 Å². The number of rotatable bonds is 7.